The van der Waals surface area contributed by atoms with E-state index in [4.69, 9.17) is 15.4 Å². The fourth-order valence-corrected chi connectivity index (χ4v) is 3.29. The summed E-state index contributed by atoms with van der Waals surface area (Å²) >= 11 is 0. The minimum absolute atomic E-state index is 0.0638. The second-order valence-electron chi connectivity index (χ2n) is 5.71. The van der Waals surface area contributed by atoms with Crippen molar-refractivity contribution >= 4 is 16.8 Å². The van der Waals surface area contributed by atoms with E-state index in [9.17, 15) is 5.26 Å². The van der Waals surface area contributed by atoms with Crippen LogP contribution < -0.4 is 4.74 Å². The Morgan fingerprint density at radius 2 is 2.00 bits per heavy atom. The number of nitriles is 2. The molecule has 5 nitrogen and oxygen atoms in total. The number of hydrogen-bond donors (Lipinski definition) is 2. The van der Waals surface area contributed by atoms with Crippen molar-refractivity contribution in [2.75, 3.05) is 0 Å². The zero-order valence-electron chi connectivity index (χ0n) is 12.6. The largest absolute Gasteiger partial charge is 0.441 e. The molecular weight excluding hydrogens is 300 g/mol. The van der Waals surface area contributed by atoms with Crippen molar-refractivity contribution in [3.63, 3.8) is 0 Å². The first-order valence-corrected chi connectivity index (χ1v) is 7.49. The van der Waals surface area contributed by atoms with Crippen LogP contribution in [0, 0.1) is 34.0 Å². The van der Waals surface area contributed by atoms with Gasteiger partial charge in [0.25, 0.3) is 0 Å². The van der Waals surface area contributed by atoms with Crippen molar-refractivity contribution in [3.8, 4) is 17.9 Å². The number of aromatic nitrogens is 1. The fourth-order valence-electron chi connectivity index (χ4n) is 3.29. The van der Waals surface area contributed by atoms with Crippen molar-refractivity contribution in [2.45, 2.75) is 5.92 Å². The molecule has 0 saturated carbocycles. The van der Waals surface area contributed by atoms with Crippen LogP contribution in [0.15, 0.2) is 48.7 Å². The molecule has 0 aliphatic carbocycles. The van der Waals surface area contributed by atoms with Gasteiger partial charge in [-0.2, -0.15) is 10.5 Å². The van der Waals surface area contributed by atoms with Gasteiger partial charge in [-0.05, 0) is 29.8 Å². The van der Waals surface area contributed by atoms with E-state index in [0.29, 0.717) is 11.3 Å². The van der Waals surface area contributed by atoms with E-state index in [1.54, 1.807) is 18.2 Å². The van der Waals surface area contributed by atoms with E-state index in [2.05, 4.69) is 17.1 Å². The van der Waals surface area contributed by atoms with Crippen LogP contribution >= 0.6 is 0 Å². The standard InChI is InChI=1S/C19H12N4O/c20-9-11-2-1-3-12(8-11)17-14-4-5-16-13(6-7-23-16)18(14)24-19(22)15(17)10-21/h1-8,15,17,22-23H. The van der Waals surface area contributed by atoms with E-state index in [-0.39, 0.29) is 11.8 Å². The smallest absolute Gasteiger partial charge is 0.205 e. The van der Waals surface area contributed by atoms with Crippen molar-refractivity contribution < 1.29 is 4.74 Å². The van der Waals surface area contributed by atoms with Gasteiger partial charge in [0.15, 0.2) is 0 Å². The van der Waals surface area contributed by atoms with Gasteiger partial charge >= 0.3 is 0 Å². The molecule has 0 bridgehead atoms. The van der Waals surface area contributed by atoms with Gasteiger partial charge in [-0.15, -0.1) is 0 Å². The third kappa shape index (κ3) is 1.96. The average molecular weight is 312 g/mol. The Bertz CT molecular complexity index is 1050. The van der Waals surface area contributed by atoms with Crippen molar-refractivity contribution in [3.05, 3.63) is 65.4 Å². The Labute approximate surface area is 138 Å². The first kappa shape index (κ1) is 14.0. The summed E-state index contributed by atoms with van der Waals surface area (Å²) in [6, 6.07) is 17.3. The first-order chi connectivity index (χ1) is 11.7. The molecule has 3 aromatic rings. The van der Waals surface area contributed by atoms with Gasteiger partial charge in [0.05, 0.1) is 17.7 Å². The van der Waals surface area contributed by atoms with Gasteiger partial charge in [0.2, 0.25) is 5.90 Å². The Morgan fingerprint density at radius 1 is 1.12 bits per heavy atom. The van der Waals surface area contributed by atoms with Gasteiger partial charge in [0, 0.05) is 28.6 Å². The lowest BCUT2D eigenvalue weighted by atomic mass is 9.78. The van der Waals surface area contributed by atoms with E-state index < -0.39 is 5.92 Å². The highest BCUT2D eigenvalue weighted by molar-refractivity contribution is 5.94. The maximum atomic E-state index is 9.58. The van der Waals surface area contributed by atoms with Crippen LogP contribution in [0.5, 0.6) is 5.75 Å². The molecule has 0 amide bonds. The van der Waals surface area contributed by atoms with Crippen LogP contribution in [0.1, 0.15) is 22.6 Å². The molecule has 114 valence electrons. The molecule has 0 fully saturated rings. The maximum Gasteiger partial charge on any atom is 0.205 e. The molecule has 5 heteroatoms. The number of fused-ring (bicyclic) bond motifs is 3. The third-order valence-electron chi connectivity index (χ3n) is 4.39. The number of rotatable bonds is 1. The SMILES string of the molecule is N#Cc1cccc(C2c3ccc4[nH]ccc4c3OC(=N)C2C#N)c1. The topological polar surface area (TPSA) is 96.4 Å². The predicted octanol–water partition coefficient (Wildman–Crippen LogP) is 3.68. The Balaban J connectivity index is 1.99. The van der Waals surface area contributed by atoms with Gasteiger partial charge in [0.1, 0.15) is 11.7 Å². The lowest BCUT2D eigenvalue weighted by Crippen LogP contribution is -2.31. The molecule has 2 unspecified atom stereocenters. The van der Waals surface area contributed by atoms with E-state index in [0.717, 1.165) is 22.0 Å². The molecular formula is C19H12N4O. The van der Waals surface area contributed by atoms with E-state index >= 15 is 0 Å². The number of nitrogens with zero attached hydrogens (tertiary/aromatic N) is 2. The molecule has 2 heterocycles. The molecule has 2 N–H and O–H groups in total. The Morgan fingerprint density at radius 3 is 2.79 bits per heavy atom. The normalized spacial score (nSPS) is 19.2. The predicted molar refractivity (Wildman–Crippen MR) is 88.8 cm³/mol. The van der Waals surface area contributed by atoms with Crippen LogP contribution in [-0.2, 0) is 0 Å². The number of nitrogens with one attached hydrogen (secondary N) is 2. The lowest BCUT2D eigenvalue weighted by molar-refractivity contribution is 0.455. The second kappa shape index (κ2) is 5.26. The quantitative estimate of drug-likeness (QED) is 0.717. The van der Waals surface area contributed by atoms with Gasteiger partial charge < -0.3 is 9.72 Å². The number of ether oxygens (including phenoxy) is 1. The zero-order valence-corrected chi connectivity index (χ0v) is 12.6. The van der Waals surface area contributed by atoms with Crippen molar-refractivity contribution in [2.24, 2.45) is 5.92 Å². The van der Waals surface area contributed by atoms with Crippen LogP contribution in [-0.4, -0.2) is 10.9 Å². The molecule has 1 aliphatic heterocycles. The molecule has 4 rings (SSSR count). The first-order valence-electron chi connectivity index (χ1n) is 7.49. The summed E-state index contributed by atoms with van der Waals surface area (Å²) in [7, 11) is 0. The Hall–Kier alpha value is -3.57. The number of hydrogen-bond acceptors (Lipinski definition) is 4. The van der Waals surface area contributed by atoms with Gasteiger partial charge in [-0.25, -0.2) is 0 Å². The third-order valence-corrected chi connectivity index (χ3v) is 4.39. The maximum absolute atomic E-state index is 9.58. The highest BCUT2D eigenvalue weighted by Gasteiger charge is 2.37. The summed E-state index contributed by atoms with van der Waals surface area (Å²) in [6.45, 7) is 0. The number of H-pyrrole nitrogens is 1. The zero-order chi connectivity index (χ0) is 16.7. The Kier molecular flexibility index (Phi) is 3.08. The molecule has 1 aliphatic rings. The molecule has 0 radical (unpaired) electrons. The summed E-state index contributed by atoms with van der Waals surface area (Å²) in [6.07, 6.45) is 1.82. The monoisotopic (exact) mass is 312 g/mol. The number of aromatic amines is 1. The summed E-state index contributed by atoms with van der Waals surface area (Å²) in [4.78, 5) is 3.12. The van der Waals surface area contributed by atoms with E-state index in [1.165, 1.54) is 0 Å². The minimum atomic E-state index is -0.720. The highest BCUT2D eigenvalue weighted by Crippen LogP contribution is 2.45. The fraction of sp³-hybridized carbons (Fsp3) is 0.105. The summed E-state index contributed by atoms with van der Waals surface area (Å²) in [5.74, 6) is -0.509. The average Bonchev–Trinajstić information content (AvgIpc) is 3.09. The molecule has 1 aromatic heterocycles. The molecule has 2 aromatic carbocycles. The summed E-state index contributed by atoms with van der Waals surface area (Å²) < 4.78 is 5.69. The van der Waals surface area contributed by atoms with Gasteiger partial charge in [-0.1, -0.05) is 18.2 Å². The highest BCUT2D eigenvalue weighted by atomic mass is 16.5. The second-order valence-corrected chi connectivity index (χ2v) is 5.71. The summed E-state index contributed by atoms with van der Waals surface area (Å²) in [5.41, 5.74) is 3.15. The molecule has 0 saturated heterocycles. The molecule has 2 atom stereocenters. The van der Waals surface area contributed by atoms with Crippen molar-refractivity contribution in [1.29, 1.82) is 15.9 Å². The van der Waals surface area contributed by atoms with E-state index in [1.807, 2.05) is 30.5 Å². The molecule has 24 heavy (non-hydrogen) atoms. The summed E-state index contributed by atoms with van der Waals surface area (Å²) in [5, 5.41) is 27.8. The lowest BCUT2D eigenvalue weighted by Gasteiger charge is -2.30. The van der Waals surface area contributed by atoms with Crippen LogP contribution in [0.2, 0.25) is 0 Å². The van der Waals surface area contributed by atoms with Crippen LogP contribution in [0.3, 0.4) is 0 Å². The van der Waals surface area contributed by atoms with Crippen molar-refractivity contribution in [1.82, 2.24) is 4.98 Å². The minimum Gasteiger partial charge on any atom is -0.441 e. The van der Waals surface area contributed by atoms with Gasteiger partial charge in [-0.3, -0.25) is 5.41 Å². The van der Waals surface area contributed by atoms with Crippen LogP contribution in [0.25, 0.3) is 10.9 Å². The number of benzene rings is 2. The van der Waals surface area contributed by atoms with Crippen LogP contribution in [0.4, 0.5) is 0 Å². The molecule has 0 spiro atoms.